The van der Waals surface area contributed by atoms with Gasteiger partial charge in [-0.2, -0.15) is 5.26 Å². The van der Waals surface area contributed by atoms with Crippen LogP contribution in [0.4, 0.5) is 5.69 Å². The van der Waals surface area contributed by atoms with Gasteiger partial charge in [0.15, 0.2) is 0 Å². The fourth-order valence-corrected chi connectivity index (χ4v) is 5.14. The van der Waals surface area contributed by atoms with Crippen molar-refractivity contribution in [2.75, 3.05) is 11.8 Å². The summed E-state index contributed by atoms with van der Waals surface area (Å²) in [5.74, 6) is 0.559. The molecule has 3 aromatic rings. The standard InChI is InChI=1S/C20H18N2O3S2/c1-13-4-7-17(16-8-5-15(12-21)6-9-16)10-18(13)22-27(23,24)20-11-19(25-3)14(2)26-20/h4-11,22H,1-3H3. The zero-order chi connectivity index (χ0) is 19.6. The van der Waals surface area contributed by atoms with Crippen molar-refractivity contribution in [2.24, 2.45) is 0 Å². The van der Waals surface area contributed by atoms with Gasteiger partial charge in [0.05, 0.1) is 24.4 Å². The van der Waals surface area contributed by atoms with Crippen molar-refractivity contribution in [2.45, 2.75) is 18.1 Å². The predicted octanol–water partition coefficient (Wildman–Crippen LogP) is 4.71. The highest BCUT2D eigenvalue weighted by Gasteiger charge is 2.20. The molecule has 0 aliphatic rings. The van der Waals surface area contributed by atoms with E-state index in [1.165, 1.54) is 24.5 Å². The van der Waals surface area contributed by atoms with Crippen LogP contribution in [-0.2, 0) is 10.0 Å². The first-order valence-electron chi connectivity index (χ1n) is 8.12. The summed E-state index contributed by atoms with van der Waals surface area (Å²) in [6.45, 7) is 3.67. The Balaban J connectivity index is 1.95. The van der Waals surface area contributed by atoms with Crippen molar-refractivity contribution >= 4 is 27.0 Å². The molecule has 1 aromatic heterocycles. The highest BCUT2D eigenvalue weighted by Crippen LogP contribution is 2.33. The smallest absolute Gasteiger partial charge is 0.271 e. The number of sulfonamides is 1. The van der Waals surface area contributed by atoms with Crippen molar-refractivity contribution in [1.29, 1.82) is 5.26 Å². The number of rotatable bonds is 5. The summed E-state index contributed by atoms with van der Waals surface area (Å²) in [4.78, 5) is 0.806. The number of nitriles is 1. The highest BCUT2D eigenvalue weighted by molar-refractivity contribution is 7.94. The zero-order valence-electron chi connectivity index (χ0n) is 15.1. The molecule has 5 nitrogen and oxygen atoms in total. The van der Waals surface area contributed by atoms with Crippen LogP contribution < -0.4 is 9.46 Å². The van der Waals surface area contributed by atoms with Gasteiger partial charge in [0.2, 0.25) is 0 Å². The lowest BCUT2D eigenvalue weighted by molar-refractivity contribution is 0.413. The molecule has 1 N–H and O–H groups in total. The van der Waals surface area contributed by atoms with Gasteiger partial charge in [-0.15, -0.1) is 11.3 Å². The Morgan fingerprint density at radius 2 is 1.70 bits per heavy atom. The van der Waals surface area contributed by atoms with Crippen molar-refractivity contribution in [3.05, 3.63) is 64.5 Å². The first-order chi connectivity index (χ1) is 12.8. The zero-order valence-corrected chi connectivity index (χ0v) is 16.7. The van der Waals surface area contributed by atoms with Crippen LogP contribution in [0.25, 0.3) is 11.1 Å². The van der Waals surface area contributed by atoms with Gasteiger partial charge in [-0.05, 0) is 48.7 Å². The van der Waals surface area contributed by atoms with Gasteiger partial charge >= 0.3 is 0 Å². The van der Waals surface area contributed by atoms with Gasteiger partial charge in [-0.25, -0.2) is 8.42 Å². The van der Waals surface area contributed by atoms with Crippen LogP contribution in [0.15, 0.2) is 52.7 Å². The van der Waals surface area contributed by atoms with Crippen molar-refractivity contribution in [3.63, 3.8) is 0 Å². The van der Waals surface area contributed by atoms with Crippen LogP contribution >= 0.6 is 11.3 Å². The number of ether oxygens (including phenoxy) is 1. The lowest BCUT2D eigenvalue weighted by atomic mass is 10.0. The molecule has 0 fully saturated rings. The molecule has 0 unspecified atom stereocenters. The minimum Gasteiger partial charge on any atom is -0.496 e. The second kappa shape index (κ2) is 7.43. The van der Waals surface area contributed by atoms with E-state index in [9.17, 15) is 8.42 Å². The van der Waals surface area contributed by atoms with E-state index >= 15 is 0 Å². The van der Waals surface area contributed by atoms with Crippen LogP contribution in [0.2, 0.25) is 0 Å². The number of hydrogen-bond donors (Lipinski definition) is 1. The Hall–Kier alpha value is -2.82. The monoisotopic (exact) mass is 398 g/mol. The van der Waals surface area contributed by atoms with Gasteiger partial charge < -0.3 is 4.74 Å². The van der Waals surface area contributed by atoms with E-state index in [2.05, 4.69) is 10.8 Å². The van der Waals surface area contributed by atoms with Crippen molar-refractivity contribution in [3.8, 4) is 22.9 Å². The summed E-state index contributed by atoms with van der Waals surface area (Å²) in [6.07, 6.45) is 0. The largest absolute Gasteiger partial charge is 0.496 e. The second-order valence-electron chi connectivity index (χ2n) is 6.01. The summed E-state index contributed by atoms with van der Waals surface area (Å²) >= 11 is 1.17. The lowest BCUT2D eigenvalue weighted by Crippen LogP contribution is -2.12. The van der Waals surface area contributed by atoms with Crippen molar-refractivity contribution < 1.29 is 13.2 Å². The van der Waals surface area contributed by atoms with E-state index in [1.54, 1.807) is 18.2 Å². The van der Waals surface area contributed by atoms with Crippen LogP contribution in [0.3, 0.4) is 0 Å². The van der Waals surface area contributed by atoms with E-state index in [4.69, 9.17) is 10.00 Å². The quantitative estimate of drug-likeness (QED) is 0.675. The minimum absolute atomic E-state index is 0.208. The molecule has 0 spiro atoms. The summed E-state index contributed by atoms with van der Waals surface area (Å²) < 4.78 is 33.6. The van der Waals surface area contributed by atoms with Crippen LogP contribution in [0.1, 0.15) is 16.0 Å². The molecule has 0 atom stereocenters. The molecule has 0 saturated carbocycles. The molecule has 0 bridgehead atoms. The van der Waals surface area contributed by atoms with E-state index in [-0.39, 0.29) is 4.21 Å². The van der Waals surface area contributed by atoms with Gasteiger partial charge in [0.25, 0.3) is 10.0 Å². The fourth-order valence-electron chi connectivity index (χ4n) is 2.62. The van der Waals surface area contributed by atoms with Gasteiger partial charge in [-0.3, -0.25) is 4.72 Å². The van der Waals surface area contributed by atoms with Gasteiger partial charge in [0, 0.05) is 10.9 Å². The third-order valence-electron chi connectivity index (χ3n) is 4.16. The van der Waals surface area contributed by atoms with E-state index < -0.39 is 10.0 Å². The summed E-state index contributed by atoms with van der Waals surface area (Å²) in [5, 5.41) is 8.92. The number of hydrogen-bond acceptors (Lipinski definition) is 5. The average Bonchev–Trinajstić information content (AvgIpc) is 3.05. The third kappa shape index (κ3) is 3.97. The summed E-state index contributed by atoms with van der Waals surface area (Å²) in [5.41, 5.74) is 3.68. The molecule has 0 radical (unpaired) electrons. The number of thiophene rings is 1. The molecule has 7 heteroatoms. The summed E-state index contributed by atoms with van der Waals surface area (Å²) in [7, 11) is -2.19. The van der Waals surface area contributed by atoms with E-state index in [0.29, 0.717) is 17.0 Å². The number of anilines is 1. The molecule has 0 amide bonds. The Morgan fingerprint density at radius 3 is 2.30 bits per heavy atom. The Morgan fingerprint density at radius 1 is 1.04 bits per heavy atom. The first kappa shape index (κ1) is 19.0. The van der Waals surface area contributed by atoms with E-state index in [0.717, 1.165) is 21.6 Å². The first-order valence-corrected chi connectivity index (χ1v) is 10.4. The summed E-state index contributed by atoms with van der Waals surface area (Å²) in [6, 6.07) is 16.4. The number of methoxy groups -OCH3 is 1. The fraction of sp³-hybridized carbons (Fsp3) is 0.150. The molecular formula is C20H18N2O3S2. The van der Waals surface area contributed by atoms with Gasteiger partial charge in [0.1, 0.15) is 9.96 Å². The van der Waals surface area contributed by atoms with Crippen LogP contribution in [0, 0.1) is 25.2 Å². The minimum atomic E-state index is -3.71. The SMILES string of the molecule is COc1cc(S(=O)(=O)Nc2cc(-c3ccc(C#N)cc3)ccc2C)sc1C. The number of benzene rings is 2. The Labute approximate surface area is 162 Å². The molecule has 0 saturated heterocycles. The van der Waals surface area contributed by atoms with Crippen LogP contribution in [0.5, 0.6) is 5.75 Å². The maximum absolute atomic E-state index is 12.8. The third-order valence-corrected chi connectivity index (χ3v) is 7.03. The number of nitrogens with zero attached hydrogens (tertiary/aromatic N) is 1. The average molecular weight is 399 g/mol. The molecule has 0 aliphatic carbocycles. The topological polar surface area (TPSA) is 79.2 Å². The second-order valence-corrected chi connectivity index (χ2v) is 9.18. The molecule has 3 rings (SSSR count). The lowest BCUT2D eigenvalue weighted by Gasteiger charge is -2.12. The molecule has 0 aliphatic heterocycles. The maximum Gasteiger partial charge on any atom is 0.271 e. The van der Waals surface area contributed by atoms with Gasteiger partial charge in [-0.1, -0.05) is 24.3 Å². The molecule has 1 heterocycles. The maximum atomic E-state index is 12.8. The van der Waals surface area contributed by atoms with Crippen LogP contribution in [-0.4, -0.2) is 15.5 Å². The molecular weight excluding hydrogens is 380 g/mol. The van der Waals surface area contributed by atoms with E-state index in [1.807, 2.05) is 38.1 Å². The van der Waals surface area contributed by atoms with Crippen molar-refractivity contribution in [1.82, 2.24) is 0 Å². The Bertz CT molecular complexity index is 1130. The highest BCUT2D eigenvalue weighted by atomic mass is 32.2. The number of aryl methyl sites for hydroxylation is 2. The molecule has 27 heavy (non-hydrogen) atoms. The predicted molar refractivity (Wildman–Crippen MR) is 108 cm³/mol. The Kier molecular flexibility index (Phi) is 5.22. The molecule has 138 valence electrons. The number of nitrogens with one attached hydrogen (secondary N) is 1. The molecule has 2 aromatic carbocycles. The normalized spacial score (nSPS) is 11.0.